The minimum absolute atomic E-state index is 0.00221. The van der Waals surface area contributed by atoms with E-state index in [1.165, 1.54) is 0 Å². The molecule has 30 heavy (non-hydrogen) atoms. The number of fused-ring (bicyclic) bond motifs is 3. The van der Waals surface area contributed by atoms with Crippen molar-refractivity contribution in [3.63, 3.8) is 0 Å². The molecule has 4 rings (SSSR count). The average Bonchev–Trinajstić information content (AvgIpc) is 2.80. The third-order valence-electron chi connectivity index (χ3n) is 5.84. The second kappa shape index (κ2) is 8.92. The summed E-state index contributed by atoms with van der Waals surface area (Å²) in [4.78, 5) is 25.9. The van der Waals surface area contributed by atoms with E-state index >= 15 is 0 Å². The zero-order valence-corrected chi connectivity index (χ0v) is 18.3. The van der Waals surface area contributed by atoms with Gasteiger partial charge in [0.1, 0.15) is 0 Å². The lowest BCUT2D eigenvalue weighted by Crippen LogP contribution is -2.47. The first-order valence-electron chi connectivity index (χ1n) is 10.6. The average molecular weight is 422 g/mol. The minimum Gasteiger partial charge on any atom is -0.348 e. The van der Waals surface area contributed by atoms with Crippen LogP contribution in [0.2, 0.25) is 0 Å². The molecular weight excluding hydrogens is 394 g/mol. The molecule has 1 aromatic carbocycles. The lowest BCUT2D eigenvalue weighted by Gasteiger charge is -2.36. The second-order valence-corrected chi connectivity index (χ2v) is 8.01. The number of rotatable bonds is 4. The summed E-state index contributed by atoms with van der Waals surface area (Å²) in [6.45, 7) is 7.08. The molecule has 3 heterocycles. The standard InChI is InChI=1S/C23H27N5OS/c1-3-27(4-2)22(29)17-9-7-13-28(15-17)23(30)26-19-14-16-8-5-11-24-20(16)21-18(19)10-6-12-25-21/h5-6,8,10-12,14,17H,3-4,7,9,13,15H2,1-2H3,(H,26,30)/t17-/m0/s1. The summed E-state index contributed by atoms with van der Waals surface area (Å²) in [6.07, 6.45) is 5.45. The van der Waals surface area contributed by atoms with Crippen LogP contribution in [0.4, 0.5) is 5.69 Å². The van der Waals surface area contributed by atoms with Gasteiger partial charge in [-0.3, -0.25) is 14.8 Å². The molecule has 0 aliphatic carbocycles. The minimum atomic E-state index is -0.00221. The van der Waals surface area contributed by atoms with Crippen LogP contribution in [0.25, 0.3) is 21.8 Å². The van der Waals surface area contributed by atoms with Crippen molar-refractivity contribution in [2.45, 2.75) is 26.7 Å². The van der Waals surface area contributed by atoms with Gasteiger partial charge in [-0.25, -0.2) is 0 Å². The molecule has 0 saturated carbocycles. The van der Waals surface area contributed by atoms with Crippen molar-refractivity contribution < 1.29 is 4.79 Å². The molecule has 1 aliphatic heterocycles. The summed E-state index contributed by atoms with van der Waals surface area (Å²) in [5.41, 5.74) is 2.65. The van der Waals surface area contributed by atoms with Crippen molar-refractivity contribution in [1.82, 2.24) is 19.8 Å². The Morgan fingerprint density at radius 1 is 1.20 bits per heavy atom. The Balaban J connectivity index is 1.57. The van der Waals surface area contributed by atoms with Gasteiger partial charge < -0.3 is 15.1 Å². The van der Waals surface area contributed by atoms with Gasteiger partial charge >= 0.3 is 0 Å². The van der Waals surface area contributed by atoms with Crippen molar-refractivity contribution >= 4 is 50.7 Å². The molecule has 1 amide bonds. The summed E-state index contributed by atoms with van der Waals surface area (Å²) in [7, 11) is 0. The number of pyridine rings is 2. The SMILES string of the molecule is CCN(CC)C(=O)[C@H]1CCCN(C(=S)Nc2cc3cccnc3c3ncccc23)C1. The van der Waals surface area contributed by atoms with E-state index in [-0.39, 0.29) is 11.8 Å². The highest BCUT2D eigenvalue weighted by molar-refractivity contribution is 7.80. The topological polar surface area (TPSA) is 61.4 Å². The van der Waals surface area contributed by atoms with Crippen LogP contribution in [0.1, 0.15) is 26.7 Å². The van der Waals surface area contributed by atoms with E-state index in [0.29, 0.717) is 11.7 Å². The van der Waals surface area contributed by atoms with Gasteiger partial charge in [0.15, 0.2) is 5.11 Å². The number of benzene rings is 1. The number of carbonyl (C=O) groups excluding carboxylic acids is 1. The lowest BCUT2D eigenvalue weighted by atomic mass is 9.96. The first-order valence-corrected chi connectivity index (χ1v) is 11.0. The molecule has 1 aliphatic rings. The van der Waals surface area contributed by atoms with Gasteiger partial charge in [-0.15, -0.1) is 0 Å². The van der Waals surface area contributed by atoms with Crippen LogP contribution in [0.15, 0.2) is 42.7 Å². The fraction of sp³-hybridized carbons (Fsp3) is 0.391. The van der Waals surface area contributed by atoms with Crippen molar-refractivity contribution in [3.8, 4) is 0 Å². The van der Waals surface area contributed by atoms with Crippen LogP contribution in [0.5, 0.6) is 0 Å². The largest absolute Gasteiger partial charge is 0.348 e. The Hall–Kier alpha value is -2.80. The van der Waals surface area contributed by atoms with Crippen LogP contribution >= 0.6 is 12.2 Å². The molecule has 0 spiro atoms. The van der Waals surface area contributed by atoms with Gasteiger partial charge in [0.25, 0.3) is 0 Å². The van der Waals surface area contributed by atoms with Gasteiger partial charge in [-0.1, -0.05) is 6.07 Å². The monoisotopic (exact) mass is 421 g/mol. The van der Waals surface area contributed by atoms with Crippen LogP contribution in [0.3, 0.4) is 0 Å². The summed E-state index contributed by atoms with van der Waals surface area (Å²) < 4.78 is 0. The van der Waals surface area contributed by atoms with E-state index in [9.17, 15) is 4.79 Å². The van der Waals surface area contributed by atoms with Gasteiger partial charge in [-0.2, -0.15) is 0 Å². The molecule has 156 valence electrons. The number of aromatic nitrogens is 2. The number of hydrogen-bond acceptors (Lipinski definition) is 4. The number of thiocarbonyl (C=S) groups is 1. The van der Waals surface area contributed by atoms with E-state index in [2.05, 4.69) is 26.3 Å². The maximum atomic E-state index is 12.8. The molecule has 1 atom stereocenters. The zero-order valence-electron chi connectivity index (χ0n) is 17.5. The van der Waals surface area contributed by atoms with Crippen molar-refractivity contribution in [2.24, 2.45) is 5.92 Å². The molecule has 1 N–H and O–H groups in total. The Bertz CT molecular complexity index is 1080. The highest BCUT2D eigenvalue weighted by atomic mass is 32.1. The number of amides is 1. The third-order valence-corrected chi connectivity index (χ3v) is 6.20. The predicted molar refractivity (Wildman–Crippen MR) is 125 cm³/mol. The van der Waals surface area contributed by atoms with E-state index in [4.69, 9.17) is 12.2 Å². The van der Waals surface area contributed by atoms with E-state index in [0.717, 1.165) is 60.0 Å². The summed E-state index contributed by atoms with van der Waals surface area (Å²) in [5, 5.41) is 6.08. The highest BCUT2D eigenvalue weighted by Gasteiger charge is 2.29. The van der Waals surface area contributed by atoms with Gasteiger partial charge in [0.05, 0.1) is 22.6 Å². The molecular formula is C23H27N5OS. The Labute approximate surface area is 182 Å². The van der Waals surface area contributed by atoms with Crippen LogP contribution in [-0.2, 0) is 4.79 Å². The highest BCUT2D eigenvalue weighted by Crippen LogP contribution is 2.30. The van der Waals surface area contributed by atoms with Crippen LogP contribution in [0, 0.1) is 5.92 Å². The molecule has 2 aromatic heterocycles. The molecule has 3 aromatic rings. The smallest absolute Gasteiger partial charge is 0.227 e. The van der Waals surface area contributed by atoms with Gasteiger partial charge in [0, 0.05) is 49.3 Å². The Kier molecular flexibility index (Phi) is 6.08. The molecule has 1 fully saturated rings. The number of anilines is 1. The summed E-state index contributed by atoms with van der Waals surface area (Å²) in [6, 6.07) is 9.98. The molecule has 1 saturated heterocycles. The Morgan fingerprint density at radius 2 is 1.93 bits per heavy atom. The number of nitrogens with zero attached hydrogens (tertiary/aromatic N) is 4. The first kappa shape index (κ1) is 20.5. The lowest BCUT2D eigenvalue weighted by molar-refractivity contribution is -0.136. The van der Waals surface area contributed by atoms with Gasteiger partial charge in [0.2, 0.25) is 5.91 Å². The van der Waals surface area contributed by atoms with E-state index in [1.807, 2.05) is 43.0 Å². The molecule has 7 heteroatoms. The predicted octanol–water partition coefficient (Wildman–Crippen LogP) is 4.06. The van der Waals surface area contributed by atoms with E-state index < -0.39 is 0 Å². The normalized spacial score (nSPS) is 16.6. The number of carbonyl (C=O) groups is 1. The zero-order chi connectivity index (χ0) is 21.1. The maximum Gasteiger partial charge on any atom is 0.227 e. The van der Waals surface area contributed by atoms with Crippen molar-refractivity contribution in [3.05, 3.63) is 42.7 Å². The van der Waals surface area contributed by atoms with Crippen molar-refractivity contribution in [1.29, 1.82) is 0 Å². The van der Waals surface area contributed by atoms with Crippen LogP contribution < -0.4 is 5.32 Å². The summed E-state index contributed by atoms with van der Waals surface area (Å²) >= 11 is 5.76. The second-order valence-electron chi connectivity index (χ2n) is 7.62. The number of piperidine rings is 1. The number of hydrogen-bond donors (Lipinski definition) is 1. The molecule has 6 nitrogen and oxygen atoms in total. The van der Waals surface area contributed by atoms with Gasteiger partial charge in [-0.05, 0) is 63.2 Å². The maximum absolute atomic E-state index is 12.8. The fourth-order valence-corrected chi connectivity index (χ4v) is 4.51. The fourth-order valence-electron chi connectivity index (χ4n) is 4.23. The first-order chi connectivity index (χ1) is 14.6. The molecule has 0 unspecified atom stereocenters. The van der Waals surface area contributed by atoms with E-state index in [1.54, 1.807) is 12.4 Å². The molecule has 0 bridgehead atoms. The molecule has 0 radical (unpaired) electrons. The van der Waals surface area contributed by atoms with Crippen LogP contribution in [-0.4, -0.2) is 57.0 Å². The number of likely N-dealkylation sites (tertiary alicyclic amines) is 1. The third kappa shape index (κ3) is 3.94. The Morgan fingerprint density at radius 3 is 2.70 bits per heavy atom. The number of nitrogens with one attached hydrogen (secondary N) is 1. The quantitative estimate of drug-likeness (QED) is 0.506. The summed E-state index contributed by atoms with van der Waals surface area (Å²) in [5.74, 6) is 0.233. The van der Waals surface area contributed by atoms with Crippen molar-refractivity contribution in [2.75, 3.05) is 31.5 Å².